The van der Waals surface area contributed by atoms with E-state index in [-0.39, 0.29) is 5.95 Å². The molecule has 8 heteroatoms. The summed E-state index contributed by atoms with van der Waals surface area (Å²) >= 11 is 0. The minimum atomic E-state index is -2.73. The number of aryl methyl sites for hydroxylation is 2. The summed E-state index contributed by atoms with van der Waals surface area (Å²) in [6.07, 6.45) is 5.53. The molecule has 3 heterocycles. The Morgan fingerprint density at radius 3 is 2.71 bits per heavy atom. The van der Waals surface area contributed by atoms with Gasteiger partial charge in [0.15, 0.2) is 5.52 Å². The molecule has 0 saturated heterocycles. The van der Waals surface area contributed by atoms with Gasteiger partial charge in [0, 0.05) is 29.9 Å². The fourth-order valence-corrected chi connectivity index (χ4v) is 5.12. The van der Waals surface area contributed by atoms with Crippen LogP contribution in [-0.2, 0) is 19.4 Å². The number of hydrogen-bond donors (Lipinski definition) is 0. The van der Waals surface area contributed by atoms with E-state index >= 15 is 0 Å². The Kier molecular flexibility index (Phi) is 5.16. The van der Waals surface area contributed by atoms with Gasteiger partial charge in [0.25, 0.3) is 0 Å². The van der Waals surface area contributed by atoms with E-state index in [4.69, 9.17) is 4.74 Å². The van der Waals surface area contributed by atoms with Gasteiger partial charge in [-0.25, -0.2) is 17.7 Å². The van der Waals surface area contributed by atoms with E-state index in [2.05, 4.69) is 9.88 Å². The smallest absolute Gasteiger partial charge is 0.496 e. The number of nitrogens with zero attached hydrogens (tertiary/aromatic N) is 4. The van der Waals surface area contributed by atoms with E-state index in [0.717, 1.165) is 54.3 Å². The van der Waals surface area contributed by atoms with Gasteiger partial charge in [-0.2, -0.15) is 0 Å². The molecule has 160 valence electrons. The molecular weight excluding hydrogens is 397 g/mol. The van der Waals surface area contributed by atoms with Crippen molar-refractivity contribution < 1.29 is 17.9 Å². The van der Waals surface area contributed by atoms with Crippen molar-refractivity contribution in [2.45, 2.75) is 39.2 Å². The Morgan fingerprint density at radius 1 is 1.19 bits per heavy atom. The van der Waals surface area contributed by atoms with Crippen LogP contribution < -0.4 is 9.64 Å². The van der Waals surface area contributed by atoms with Crippen molar-refractivity contribution in [1.29, 1.82) is 0 Å². The van der Waals surface area contributed by atoms with Crippen LogP contribution in [0.4, 0.5) is 20.3 Å². The number of ether oxygens (including phenoxy) is 1. The molecule has 0 bridgehead atoms. The summed E-state index contributed by atoms with van der Waals surface area (Å²) in [7, 11) is -1.10. The predicted octanol–water partition coefficient (Wildman–Crippen LogP) is 4.45. The number of fused-ring (bicyclic) bond motifs is 1. The lowest BCUT2D eigenvalue weighted by atomic mass is 9.89. The van der Waals surface area contributed by atoms with Gasteiger partial charge >= 0.3 is 13.4 Å². The van der Waals surface area contributed by atoms with Crippen LogP contribution in [0.1, 0.15) is 36.5 Å². The number of halogens is 2. The molecule has 0 saturated carbocycles. The van der Waals surface area contributed by atoms with Crippen LogP contribution in [0, 0.1) is 0 Å². The van der Waals surface area contributed by atoms with Crippen LogP contribution in [-0.4, -0.2) is 47.9 Å². The van der Waals surface area contributed by atoms with Crippen LogP contribution in [0.5, 0.6) is 5.75 Å². The Morgan fingerprint density at radius 2 is 1.97 bits per heavy atom. The molecule has 5 rings (SSSR count). The van der Waals surface area contributed by atoms with E-state index in [9.17, 15) is 8.63 Å². The van der Waals surface area contributed by atoms with E-state index in [0.29, 0.717) is 23.4 Å². The quantitative estimate of drug-likeness (QED) is 0.449. The highest BCUT2D eigenvalue weighted by molar-refractivity contribution is 6.34. The Balaban J connectivity index is 1.72. The SMILES string of the molecule is CCn1c(/[N+](=C/c2cc3c4c(c2OC)CCCN4CCC3)B(F)F)nc2ccccc21. The van der Waals surface area contributed by atoms with Crippen molar-refractivity contribution in [1.82, 2.24) is 9.55 Å². The van der Waals surface area contributed by atoms with Gasteiger partial charge in [-0.1, -0.05) is 17.1 Å². The first-order valence-corrected chi connectivity index (χ1v) is 11.0. The average Bonchev–Trinajstić information content (AvgIpc) is 3.15. The lowest BCUT2D eigenvalue weighted by Crippen LogP contribution is -2.35. The van der Waals surface area contributed by atoms with E-state index in [1.807, 2.05) is 41.8 Å². The molecule has 0 atom stereocenters. The molecule has 0 unspecified atom stereocenters. The van der Waals surface area contributed by atoms with Crippen molar-refractivity contribution >= 4 is 36.3 Å². The van der Waals surface area contributed by atoms with Gasteiger partial charge < -0.3 is 9.64 Å². The third-order valence-corrected chi connectivity index (χ3v) is 6.38. The Hall–Kier alpha value is -2.90. The van der Waals surface area contributed by atoms with Crippen LogP contribution in [0.25, 0.3) is 11.0 Å². The maximum atomic E-state index is 14.3. The zero-order chi connectivity index (χ0) is 21.5. The summed E-state index contributed by atoms with van der Waals surface area (Å²) in [5.74, 6) is 0.948. The van der Waals surface area contributed by atoms with E-state index in [1.54, 1.807) is 7.11 Å². The number of aromatic nitrogens is 2. The van der Waals surface area contributed by atoms with Crippen molar-refractivity contribution in [2.75, 3.05) is 25.1 Å². The Bertz CT molecular complexity index is 1170. The number of imidazole rings is 1. The Labute approximate surface area is 181 Å². The fraction of sp³-hybridized carbons (Fsp3) is 0.391. The fourth-order valence-electron chi connectivity index (χ4n) is 5.12. The lowest BCUT2D eigenvalue weighted by Gasteiger charge is -2.37. The number of para-hydroxylation sites is 2. The molecule has 1 aromatic heterocycles. The lowest BCUT2D eigenvalue weighted by molar-refractivity contribution is -0.317. The van der Waals surface area contributed by atoms with Crippen molar-refractivity contribution in [3.05, 3.63) is 47.0 Å². The second-order valence-electron chi connectivity index (χ2n) is 8.14. The first kappa shape index (κ1) is 20.0. The summed E-state index contributed by atoms with van der Waals surface area (Å²) in [5.41, 5.74) is 5.89. The topological polar surface area (TPSA) is 33.3 Å². The number of methoxy groups -OCH3 is 1. The molecule has 5 nitrogen and oxygen atoms in total. The van der Waals surface area contributed by atoms with Crippen molar-refractivity contribution in [2.24, 2.45) is 0 Å². The minimum absolute atomic E-state index is 0.244. The van der Waals surface area contributed by atoms with E-state index in [1.165, 1.54) is 17.5 Å². The summed E-state index contributed by atoms with van der Waals surface area (Å²) in [5, 5.41) is 0. The zero-order valence-electron chi connectivity index (χ0n) is 17.9. The van der Waals surface area contributed by atoms with Crippen LogP contribution in [0.3, 0.4) is 0 Å². The average molecular weight is 423 g/mol. The molecule has 2 aromatic carbocycles. The largest absolute Gasteiger partial charge is 0.767 e. The standard InChI is InChI=1S/C23H26BF2N4O/c1-3-29-20-11-5-4-10-19(20)27-23(29)30(24(25)26)15-17-14-16-8-6-12-28-13-7-9-18(21(16)28)22(17)31-2/h4-5,10-11,14-15H,3,6-9,12-13H2,1-2H3/q+1. The minimum Gasteiger partial charge on any atom is -0.496 e. The first-order chi connectivity index (χ1) is 15.1. The molecule has 0 spiro atoms. The normalized spacial score (nSPS) is 15.9. The molecule has 31 heavy (non-hydrogen) atoms. The van der Waals surface area contributed by atoms with Crippen LogP contribution >= 0.6 is 0 Å². The molecule has 3 aromatic rings. The highest BCUT2D eigenvalue weighted by atomic mass is 19.2. The molecule has 0 aliphatic carbocycles. The maximum Gasteiger partial charge on any atom is 0.767 e. The van der Waals surface area contributed by atoms with Gasteiger partial charge in [0.2, 0.25) is 0 Å². The van der Waals surface area contributed by atoms with Crippen molar-refractivity contribution in [3.8, 4) is 5.75 Å². The van der Waals surface area contributed by atoms with Crippen molar-refractivity contribution in [3.63, 3.8) is 0 Å². The molecule has 2 aliphatic heterocycles. The number of rotatable bonds is 5. The number of hydrogen-bond acceptors (Lipinski definition) is 3. The molecule has 0 fully saturated rings. The molecule has 0 radical (unpaired) electrons. The second-order valence-corrected chi connectivity index (χ2v) is 8.14. The molecule has 0 amide bonds. The zero-order valence-corrected chi connectivity index (χ0v) is 17.9. The first-order valence-electron chi connectivity index (χ1n) is 11.0. The van der Waals surface area contributed by atoms with Gasteiger partial charge in [-0.3, -0.25) is 0 Å². The number of benzene rings is 2. The third-order valence-electron chi connectivity index (χ3n) is 6.38. The summed E-state index contributed by atoms with van der Waals surface area (Å²) in [6.45, 7) is 4.60. The van der Waals surface area contributed by atoms with Gasteiger partial charge in [0.1, 0.15) is 11.3 Å². The third kappa shape index (κ3) is 3.29. The van der Waals surface area contributed by atoms with Crippen LogP contribution in [0.15, 0.2) is 30.3 Å². The number of anilines is 1. The molecule has 0 N–H and O–H groups in total. The van der Waals surface area contributed by atoms with E-state index < -0.39 is 7.40 Å². The predicted molar refractivity (Wildman–Crippen MR) is 120 cm³/mol. The molecular formula is C23H26BF2N4O+. The monoisotopic (exact) mass is 423 g/mol. The maximum absolute atomic E-state index is 14.3. The van der Waals surface area contributed by atoms with Crippen LogP contribution in [0.2, 0.25) is 0 Å². The van der Waals surface area contributed by atoms with Gasteiger partial charge in [-0.05, 0) is 56.4 Å². The van der Waals surface area contributed by atoms with Gasteiger partial charge in [0.05, 0.1) is 19.9 Å². The molecule has 2 aliphatic rings. The highest BCUT2D eigenvalue weighted by Crippen LogP contribution is 2.42. The highest BCUT2D eigenvalue weighted by Gasteiger charge is 2.35. The summed E-state index contributed by atoms with van der Waals surface area (Å²) < 4.78 is 37.3. The van der Waals surface area contributed by atoms with Gasteiger partial charge in [-0.15, -0.1) is 0 Å². The summed E-state index contributed by atoms with van der Waals surface area (Å²) in [4.78, 5) is 6.96. The summed E-state index contributed by atoms with van der Waals surface area (Å²) in [6, 6.07) is 9.57. The second kappa shape index (κ2) is 7.98.